The van der Waals surface area contributed by atoms with Crippen LogP contribution in [0.15, 0.2) is 36.8 Å². The third-order valence-corrected chi connectivity index (χ3v) is 9.12. The van der Waals surface area contributed by atoms with Crippen LogP contribution >= 0.6 is 11.6 Å². The summed E-state index contributed by atoms with van der Waals surface area (Å²) in [6, 6.07) is 5.98. The number of carbonyl (C=O) groups excluding carboxylic acids is 1. The summed E-state index contributed by atoms with van der Waals surface area (Å²) in [5, 5.41) is 8.05. The Labute approximate surface area is 262 Å². The lowest BCUT2D eigenvalue weighted by Crippen LogP contribution is -2.65. The minimum atomic E-state index is -0.564. The molecule has 1 saturated heterocycles. The topological polar surface area (TPSA) is 96.8 Å². The van der Waals surface area contributed by atoms with Gasteiger partial charge >= 0.3 is 0 Å². The van der Waals surface area contributed by atoms with E-state index in [4.69, 9.17) is 21.1 Å². The summed E-state index contributed by atoms with van der Waals surface area (Å²) >= 11 is 5.92. The summed E-state index contributed by atoms with van der Waals surface area (Å²) in [5.74, 6) is 1.69. The number of fused-ring (bicyclic) bond motifs is 1. The Kier molecular flexibility index (Phi) is 8.87. The highest BCUT2D eigenvalue weighted by atomic mass is 35.5. The zero-order chi connectivity index (χ0) is 30.8. The van der Waals surface area contributed by atoms with Crippen LogP contribution in [0.25, 0.3) is 0 Å². The number of benzene rings is 1. The fraction of sp³-hybridized carbons (Fsp3) is 0.531. The zero-order valence-corrected chi connectivity index (χ0v) is 26.3. The molecule has 1 amide bonds. The molecule has 0 bridgehead atoms. The number of alkyl halides is 1. The zero-order valence-electron chi connectivity index (χ0n) is 25.5. The first kappa shape index (κ1) is 30.5. The second kappa shape index (κ2) is 12.8. The summed E-state index contributed by atoms with van der Waals surface area (Å²) in [5.41, 5.74) is 2.70. The Morgan fingerprint density at radius 1 is 1.23 bits per heavy atom. The summed E-state index contributed by atoms with van der Waals surface area (Å²) < 4.78 is 27.1. The van der Waals surface area contributed by atoms with E-state index in [-0.39, 0.29) is 40.7 Å². The van der Waals surface area contributed by atoms with E-state index in [1.54, 1.807) is 4.90 Å². The third-order valence-electron chi connectivity index (χ3n) is 8.85. The second-order valence-electron chi connectivity index (χ2n) is 12.4. The van der Waals surface area contributed by atoms with Crippen molar-refractivity contribution in [3.05, 3.63) is 59.4 Å². The molecule has 2 fully saturated rings. The summed E-state index contributed by atoms with van der Waals surface area (Å²) in [4.78, 5) is 28.3. The minimum Gasteiger partial charge on any atom is -0.490 e. The maximum Gasteiger partial charge on any atom is 0.282 e. The smallest absolute Gasteiger partial charge is 0.282 e. The first-order valence-corrected chi connectivity index (χ1v) is 15.9. The van der Waals surface area contributed by atoms with Crippen molar-refractivity contribution in [3.63, 3.8) is 0 Å². The monoisotopic (exact) mass is 623 g/mol. The molecular formula is C32H39ClFN7O3. The van der Waals surface area contributed by atoms with Gasteiger partial charge in [-0.15, -0.1) is 21.8 Å². The molecule has 1 aromatic carbocycles. The van der Waals surface area contributed by atoms with Crippen molar-refractivity contribution in [2.24, 2.45) is 5.41 Å². The number of anilines is 1. The highest BCUT2D eigenvalue weighted by Crippen LogP contribution is 2.52. The highest BCUT2D eigenvalue weighted by molar-refractivity contribution is 6.17. The number of pyridine rings is 1. The predicted octanol–water partition coefficient (Wildman–Crippen LogP) is 5.10. The molecule has 44 heavy (non-hydrogen) atoms. The van der Waals surface area contributed by atoms with E-state index in [0.717, 1.165) is 69.9 Å². The first-order chi connectivity index (χ1) is 21.3. The van der Waals surface area contributed by atoms with E-state index >= 15 is 0 Å². The molecule has 0 radical (unpaired) electrons. The molecule has 10 nitrogen and oxygen atoms in total. The first-order valence-electron chi connectivity index (χ1n) is 15.4. The van der Waals surface area contributed by atoms with E-state index in [0.29, 0.717) is 18.2 Å². The molecule has 0 atom stereocenters. The van der Waals surface area contributed by atoms with E-state index in [1.165, 1.54) is 30.1 Å². The van der Waals surface area contributed by atoms with E-state index in [9.17, 15) is 9.18 Å². The Morgan fingerprint density at radius 3 is 2.80 bits per heavy atom. The molecule has 2 aromatic heterocycles. The SMILES string of the molecule is CCN(C(=O)c1cc(F)cc(Oc2nncnc2N2CC3(CC(Oc4ccnc5c4CN(CCCCl)CC5)C3)C2)c1)C(C)C. The van der Waals surface area contributed by atoms with Gasteiger partial charge < -0.3 is 19.3 Å². The maximum atomic E-state index is 14.6. The molecule has 1 spiro atoms. The van der Waals surface area contributed by atoms with E-state index in [1.807, 2.05) is 33.0 Å². The molecular weight excluding hydrogens is 585 g/mol. The number of hydrogen-bond donors (Lipinski definition) is 0. The van der Waals surface area contributed by atoms with Crippen LogP contribution < -0.4 is 14.4 Å². The van der Waals surface area contributed by atoms with Gasteiger partial charge in [-0.1, -0.05) is 0 Å². The number of halogens is 2. The molecule has 4 heterocycles. The number of nitrogens with zero attached hydrogens (tertiary/aromatic N) is 7. The molecule has 1 aliphatic carbocycles. The van der Waals surface area contributed by atoms with Crippen LogP contribution in [0.5, 0.6) is 17.4 Å². The number of ether oxygens (including phenoxy) is 2. The molecule has 3 aromatic rings. The largest absolute Gasteiger partial charge is 0.490 e. The highest BCUT2D eigenvalue weighted by Gasteiger charge is 2.54. The number of aromatic nitrogens is 4. The van der Waals surface area contributed by atoms with Gasteiger partial charge in [0.15, 0.2) is 5.82 Å². The normalized spacial score (nSPS) is 17.6. The van der Waals surface area contributed by atoms with Crippen LogP contribution in [-0.4, -0.2) is 86.6 Å². The van der Waals surface area contributed by atoms with E-state index in [2.05, 4.69) is 30.0 Å². The van der Waals surface area contributed by atoms with Crippen LogP contribution in [0.4, 0.5) is 10.2 Å². The molecule has 2 aliphatic heterocycles. The fourth-order valence-electron chi connectivity index (χ4n) is 6.70. The van der Waals surface area contributed by atoms with Crippen molar-refractivity contribution in [3.8, 4) is 17.4 Å². The summed E-state index contributed by atoms with van der Waals surface area (Å²) in [7, 11) is 0. The van der Waals surface area contributed by atoms with Crippen LogP contribution in [0.3, 0.4) is 0 Å². The van der Waals surface area contributed by atoms with Gasteiger partial charge in [0.05, 0.1) is 0 Å². The molecule has 1 saturated carbocycles. The molecule has 6 rings (SSSR count). The average molecular weight is 624 g/mol. The fourth-order valence-corrected chi connectivity index (χ4v) is 6.82. The van der Waals surface area contributed by atoms with Gasteiger partial charge in [-0.2, -0.15) is 0 Å². The summed E-state index contributed by atoms with van der Waals surface area (Å²) in [6.07, 6.45) is 7.19. The standard InChI is InChI=1S/C32H39ClFN7O3/c1-4-41(21(2)3)31(42)22-12-23(34)14-24(13-22)44-30-29(36-20-37-38-30)40-18-32(19-40)15-25(16-32)43-28-6-9-35-27-7-11-39(10-5-8-33)17-26(27)28/h6,9,12-14,20-21,25H,4-5,7-8,10-11,15-19H2,1-3H3. The maximum absolute atomic E-state index is 14.6. The van der Waals surface area contributed by atoms with Gasteiger partial charge in [-0.3, -0.25) is 14.7 Å². The molecule has 0 N–H and O–H groups in total. The van der Waals surface area contributed by atoms with Gasteiger partial charge in [-0.25, -0.2) is 9.37 Å². The van der Waals surface area contributed by atoms with Crippen LogP contribution in [0.1, 0.15) is 61.6 Å². The third kappa shape index (κ3) is 6.30. The summed E-state index contributed by atoms with van der Waals surface area (Å²) in [6.45, 7) is 10.7. The Morgan fingerprint density at radius 2 is 2.05 bits per heavy atom. The molecule has 3 aliphatic rings. The van der Waals surface area contributed by atoms with Crippen molar-refractivity contribution >= 4 is 23.3 Å². The number of carbonyl (C=O) groups is 1. The van der Waals surface area contributed by atoms with Gasteiger partial charge in [-0.05, 0) is 64.8 Å². The minimum absolute atomic E-state index is 0.0159. The van der Waals surface area contributed by atoms with Crippen molar-refractivity contribution < 1.29 is 18.7 Å². The predicted molar refractivity (Wildman–Crippen MR) is 165 cm³/mol. The van der Waals surface area contributed by atoms with Crippen molar-refractivity contribution in [1.82, 2.24) is 30.0 Å². The Bertz CT molecular complexity index is 1490. The van der Waals surface area contributed by atoms with Crippen molar-refractivity contribution in [2.45, 2.75) is 65.1 Å². The lowest BCUT2D eigenvalue weighted by atomic mass is 9.61. The second-order valence-corrected chi connectivity index (χ2v) is 12.7. The molecule has 0 unspecified atom stereocenters. The average Bonchev–Trinajstić information content (AvgIpc) is 2.97. The lowest BCUT2D eigenvalue weighted by Gasteiger charge is -2.58. The van der Waals surface area contributed by atoms with Crippen LogP contribution in [-0.2, 0) is 13.0 Å². The van der Waals surface area contributed by atoms with Gasteiger partial charge in [0.2, 0.25) is 0 Å². The molecule has 12 heteroatoms. The van der Waals surface area contributed by atoms with Gasteiger partial charge in [0.25, 0.3) is 11.8 Å². The lowest BCUT2D eigenvalue weighted by molar-refractivity contribution is -0.0353. The number of rotatable bonds is 11. The van der Waals surface area contributed by atoms with Crippen molar-refractivity contribution in [2.75, 3.05) is 43.5 Å². The van der Waals surface area contributed by atoms with Crippen LogP contribution in [0.2, 0.25) is 0 Å². The Hall–Kier alpha value is -3.57. The van der Waals surface area contributed by atoms with Gasteiger partial charge in [0.1, 0.15) is 29.7 Å². The Balaban J connectivity index is 1.08. The van der Waals surface area contributed by atoms with Crippen molar-refractivity contribution in [1.29, 1.82) is 0 Å². The molecule has 234 valence electrons. The quantitative estimate of drug-likeness (QED) is 0.270. The number of amides is 1. The van der Waals surface area contributed by atoms with Gasteiger partial charge in [0, 0.05) is 85.6 Å². The van der Waals surface area contributed by atoms with E-state index < -0.39 is 5.82 Å². The van der Waals surface area contributed by atoms with Crippen LogP contribution in [0, 0.1) is 11.2 Å². The number of hydrogen-bond acceptors (Lipinski definition) is 9.